The summed E-state index contributed by atoms with van der Waals surface area (Å²) in [5, 5.41) is 3.08. The lowest BCUT2D eigenvalue weighted by Gasteiger charge is -2.17. The molecule has 6 nitrogen and oxygen atoms in total. The van der Waals surface area contributed by atoms with Crippen molar-refractivity contribution >= 4 is 23.4 Å². The predicted molar refractivity (Wildman–Crippen MR) is 79.3 cm³/mol. The van der Waals surface area contributed by atoms with Crippen molar-refractivity contribution in [1.82, 2.24) is 20.2 Å². The first-order valence-electron chi connectivity index (χ1n) is 6.97. The van der Waals surface area contributed by atoms with E-state index >= 15 is 0 Å². The summed E-state index contributed by atoms with van der Waals surface area (Å²) in [6, 6.07) is -0.00312. The summed E-state index contributed by atoms with van der Waals surface area (Å²) < 4.78 is 0. The van der Waals surface area contributed by atoms with Crippen LogP contribution in [0.5, 0.6) is 0 Å². The van der Waals surface area contributed by atoms with Crippen molar-refractivity contribution in [2.75, 3.05) is 13.1 Å². The van der Waals surface area contributed by atoms with Crippen LogP contribution in [-0.4, -0.2) is 45.8 Å². The lowest BCUT2D eigenvalue weighted by Crippen LogP contribution is -2.37. The zero-order valence-corrected chi connectivity index (χ0v) is 13.1. The van der Waals surface area contributed by atoms with Gasteiger partial charge in [-0.3, -0.25) is 9.59 Å². The highest BCUT2D eigenvalue weighted by Gasteiger charge is 2.29. The number of aromatic nitrogens is 2. The zero-order chi connectivity index (χ0) is 15.6. The van der Waals surface area contributed by atoms with Gasteiger partial charge in [0.15, 0.2) is 5.69 Å². The molecule has 0 aromatic carbocycles. The lowest BCUT2D eigenvalue weighted by molar-refractivity contribution is -0.119. The Kier molecular flexibility index (Phi) is 4.77. The van der Waals surface area contributed by atoms with Crippen LogP contribution in [0.25, 0.3) is 0 Å². The van der Waals surface area contributed by atoms with Crippen molar-refractivity contribution in [1.29, 1.82) is 0 Å². The van der Waals surface area contributed by atoms with E-state index in [-0.39, 0.29) is 34.5 Å². The van der Waals surface area contributed by atoms with Crippen LogP contribution in [-0.2, 0) is 4.79 Å². The van der Waals surface area contributed by atoms with Gasteiger partial charge in [0.05, 0.1) is 11.2 Å². The highest BCUT2D eigenvalue weighted by molar-refractivity contribution is 6.33. The van der Waals surface area contributed by atoms with Gasteiger partial charge in [-0.25, -0.2) is 9.97 Å². The largest absolute Gasteiger partial charge is 0.352 e. The molecule has 1 N–H and O–H groups in total. The number of amides is 2. The smallest absolute Gasteiger partial charge is 0.274 e. The second-order valence-electron chi connectivity index (χ2n) is 5.52. The molecule has 0 bridgehead atoms. The summed E-state index contributed by atoms with van der Waals surface area (Å²) in [7, 11) is 0. The summed E-state index contributed by atoms with van der Waals surface area (Å²) in [6.07, 6.45) is 2.21. The molecule has 1 fully saturated rings. The van der Waals surface area contributed by atoms with Gasteiger partial charge in [0.1, 0.15) is 5.82 Å². The summed E-state index contributed by atoms with van der Waals surface area (Å²) in [5.41, 5.74) is 0.235. The van der Waals surface area contributed by atoms with Crippen LogP contribution in [0.1, 0.15) is 49.4 Å². The Labute approximate surface area is 128 Å². The van der Waals surface area contributed by atoms with E-state index < -0.39 is 0 Å². The van der Waals surface area contributed by atoms with Gasteiger partial charge < -0.3 is 10.2 Å². The van der Waals surface area contributed by atoms with Gasteiger partial charge in [-0.1, -0.05) is 25.4 Å². The first-order valence-corrected chi connectivity index (χ1v) is 7.35. The van der Waals surface area contributed by atoms with E-state index in [1.807, 2.05) is 13.8 Å². The van der Waals surface area contributed by atoms with Crippen LogP contribution >= 0.6 is 11.6 Å². The van der Waals surface area contributed by atoms with E-state index in [4.69, 9.17) is 11.6 Å². The van der Waals surface area contributed by atoms with E-state index in [0.717, 1.165) is 6.42 Å². The van der Waals surface area contributed by atoms with Crippen LogP contribution in [0.4, 0.5) is 0 Å². The van der Waals surface area contributed by atoms with Crippen LogP contribution in [0.15, 0.2) is 6.20 Å². The zero-order valence-electron chi connectivity index (χ0n) is 12.4. The fraction of sp³-hybridized carbons (Fsp3) is 0.571. The molecule has 1 aromatic rings. The molecule has 0 radical (unpaired) electrons. The number of hydrogen-bond donors (Lipinski definition) is 1. The van der Waals surface area contributed by atoms with Gasteiger partial charge in [-0.15, -0.1) is 0 Å². The number of carbonyl (C=O) groups excluding carboxylic acids is 2. The van der Waals surface area contributed by atoms with E-state index in [1.54, 1.807) is 4.90 Å². The molecule has 1 atom stereocenters. The Balaban J connectivity index is 2.14. The summed E-state index contributed by atoms with van der Waals surface area (Å²) >= 11 is 6.05. The molecule has 2 heterocycles. The fourth-order valence-corrected chi connectivity index (χ4v) is 2.48. The molecule has 0 aliphatic carbocycles. The first-order chi connectivity index (χ1) is 9.88. The highest BCUT2D eigenvalue weighted by Crippen LogP contribution is 2.20. The lowest BCUT2D eigenvalue weighted by atomic mass is 10.2. The van der Waals surface area contributed by atoms with Crippen LogP contribution in [0, 0.1) is 0 Å². The van der Waals surface area contributed by atoms with Gasteiger partial charge in [0.25, 0.3) is 5.91 Å². The minimum Gasteiger partial charge on any atom is -0.352 e. The van der Waals surface area contributed by atoms with E-state index in [9.17, 15) is 9.59 Å². The van der Waals surface area contributed by atoms with Crippen LogP contribution in [0.3, 0.4) is 0 Å². The van der Waals surface area contributed by atoms with Crippen LogP contribution in [0.2, 0.25) is 5.02 Å². The predicted octanol–water partition coefficient (Wildman–Crippen LogP) is 1.60. The molecule has 1 aromatic heterocycles. The van der Waals surface area contributed by atoms with Crippen molar-refractivity contribution in [3.05, 3.63) is 22.7 Å². The van der Waals surface area contributed by atoms with Crippen molar-refractivity contribution in [3.8, 4) is 0 Å². The maximum Gasteiger partial charge on any atom is 0.274 e. The Morgan fingerprint density at radius 2 is 2.19 bits per heavy atom. The molecular formula is C14H19ClN4O2. The molecule has 2 amide bonds. The quantitative estimate of drug-likeness (QED) is 0.920. The molecule has 2 rings (SSSR count). The molecule has 1 saturated heterocycles. The standard InChI is InChI=1S/C14H19ClN4O2/c1-8(2)13-16-6-11(15)12(18-13)14(21)19-5-4-10(7-19)17-9(3)20/h6,8,10H,4-5,7H2,1-3H3,(H,17,20). The SMILES string of the molecule is CC(=O)NC1CCN(C(=O)c2nc(C(C)C)ncc2Cl)C1. The van der Waals surface area contributed by atoms with Crippen LogP contribution < -0.4 is 5.32 Å². The third-order valence-corrected chi connectivity index (χ3v) is 3.64. The normalized spacial score (nSPS) is 18.1. The second kappa shape index (κ2) is 6.39. The van der Waals surface area contributed by atoms with Crippen molar-refractivity contribution in [3.63, 3.8) is 0 Å². The molecule has 114 valence electrons. The molecule has 1 aliphatic heterocycles. The molecule has 0 spiro atoms. The molecule has 21 heavy (non-hydrogen) atoms. The maximum atomic E-state index is 12.5. The number of likely N-dealkylation sites (tertiary alicyclic amines) is 1. The molecule has 7 heteroatoms. The average molecular weight is 311 g/mol. The number of rotatable bonds is 3. The fourth-order valence-electron chi connectivity index (χ4n) is 2.31. The van der Waals surface area contributed by atoms with E-state index in [1.165, 1.54) is 13.1 Å². The third kappa shape index (κ3) is 3.69. The topological polar surface area (TPSA) is 75.2 Å². The number of hydrogen-bond acceptors (Lipinski definition) is 4. The van der Waals surface area contributed by atoms with Gasteiger partial charge >= 0.3 is 0 Å². The van der Waals surface area contributed by atoms with Crippen molar-refractivity contribution in [2.45, 2.75) is 39.2 Å². The number of nitrogens with one attached hydrogen (secondary N) is 1. The summed E-state index contributed by atoms with van der Waals surface area (Å²) in [6.45, 7) is 6.46. The second-order valence-corrected chi connectivity index (χ2v) is 5.92. The Bertz CT molecular complexity index is 562. The molecule has 1 unspecified atom stereocenters. The van der Waals surface area contributed by atoms with Gasteiger partial charge in [0, 0.05) is 32.0 Å². The van der Waals surface area contributed by atoms with E-state index in [0.29, 0.717) is 18.9 Å². The Morgan fingerprint density at radius 1 is 1.48 bits per heavy atom. The van der Waals surface area contributed by atoms with Gasteiger partial charge in [-0.2, -0.15) is 0 Å². The Morgan fingerprint density at radius 3 is 2.81 bits per heavy atom. The first kappa shape index (κ1) is 15.7. The number of nitrogens with zero attached hydrogens (tertiary/aromatic N) is 3. The Hall–Kier alpha value is -1.69. The monoisotopic (exact) mass is 310 g/mol. The number of carbonyl (C=O) groups is 2. The molecular weight excluding hydrogens is 292 g/mol. The minimum atomic E-state index is -0.211. The molecule has 1 aliphatic rings. The third-order valence-electron chi connectivity index (χ3n) is 3.36. The van der Waals surface area contributed by atoms with Crippen molar-refractivity contribution < 1.29 is 9.59 Å². The van der Waals surface area contributed by atoms with Crippen molar-refractivity contribution in [2.24, 2.45) is 0 Å². The summed E-state index contributed by atoms with van der Waals surface area (Å²) in [5.74, 6) is 0.425. The average Bonchev–Trinajstić information content (AvgIpc) is 2.85. The highest BCUT2D eigenvalue weighted by atomic mass is 35.5. The van der Waals surface area contributed by atoms with Gasteiger partial charge in [0.2, 0.25) is 5.91 Å². The van der Waals surface area contributed by atoms with E-state index in [2.05, 4.69) is 15.3 Å². The van der Waals surface area contributed by atoms with Gasteiger partial charge in [-0.05, 0) is 6.42 Å². The molecule has 0 saturated carbocycles. The minimum absolute atomic E-state index is 0.00312. The number of halogens is 1. The summed E-state index contributed by atoms with van der Waals surface area (Å²) in [4.78, 5) is 33.7. The maximum absolute atomic E-state index is 12.5.